The minimum atomic E-state index is -2.61. The van der Waals surface area contributed by atoms with Crippen LogP contribution in [0, 0.1) is 5.92 Å². The smallest absolute Gasteiger partial charge is 0.251 e. The van der Waals surface area contributed by atoms with E-state index in [0.717, 1.165) is 30.1 Å². The summed E-state index contributed by atoms with van der Waals surface area (Å²) in [6, 6.07) is 7.70. The van der Waals surface area contributed by atoms with E-state index in [1.807, 2.05) is 24.3 Å². The van der Waals surface area contributed by atoms with E-state index in [0.29, 0.717) is 6.54 Å². The lowest BCUT2D eigenvalue weighted by Crippen LogP contribution is -2.45. The van der Waals surface area contributed by atoms with Gasteiger partial charge in [-0.25, -0.2) is 8.78 Å². The molecule has 3 rings (SSSR count). The van der Waals surface area contributed by atoms with Gasteiger partial charge in [0.15, 0.2) is 0 Å². The number of alkyl halides is 2. The Hall–Kier alpha value is -1.20. The third-order valence-electron chi connectivity index (χ3n) is 4.78. The number of hydrogen-bond acceptors (Lipinski definition) is 2. The Balaban J connectivity index is 1.53. The summed E-state index contributed by atoms with van der Waals surface area (Å²) in [4.78, 5) is 16.3. The van der Waals surface area contributed by atoms with Gasteiger partial charge in [0.25, 0.3) is 5.92 Å². The van der Waals surface area contributed by atoms with E-state index < -0.39 is 5.92 Å². The maximum Gasteiger partial charge on any atom is 0.251 e. The summed E-state index contributed by atoms with van der Waals surface area (Å²) in [7, 11) is 0. The molecule has 2 heterocycles. The molecule has 1 atom stereocenters. The first-order valence-corrected chi connectivity index (χ1v) is 8.45. The summed E-state index contributed by atoms with van der Waals surface area (Å²) in [5, 5.41) is 0.737. The van der Waals surface area contributed by atoms with Crippen LogP contribution in [0.4, 0.5) is 8.78 Å². The van der Waals surface area contributed by atoms with Crippen LogP contribution in [0.5, 0.6) is 0 Å². The number of carbonyl (C=O) groups excluding carboxylic acids is 1. The van der Waals surface area contributed by atoms with Crippen LogP contribution >= 0.6 is 11.6 Å². The van der Waals surface area contributed by atoms with Crippen LogP contribution in [0.3, 0.4) is 0 Å². The van der Waals surface area contributed by atoms with Gasteiger partial charge in [0, 0.05) is 44.0 Å². The monoisotopic (exact) mass is 342 g/mol. The van der Waals surface area contributed by atoms with Gasteiger partial charge in [0.05, 0.1) is 5.92 Å². The Labute approximate surface area is 140 Å². The standard InChI is InChI=1S/C17H21ClF2N2O/c18-15-4-2-1-3-13(15)11-21-8-5-14(12-21)16(23)22-9-6-17(19,20)7-10-22/h1-4,14H,5-12H2. The Kier molecular flexibility index (Phi) is 4.87. The first-order valence-electron chi connectivity index (χ1n) is 8.07. The molecule has 0 aromatic heterocycles. The second-order valence-corrected chi connectivity index (χ2v) is 6.90. The molecule has 0 saturated carbocycles. The van der Waals surface area contributed by atoms with Crippen LogP contribution in [-0.2, 0) is 11.3 Å². The highest BCUT2D eigenvalue weighted by Gasteiger charge is 2.38. The quantitative estimate of drug-likeness (QED) is 0.840. The molecule has 0 aliphatic carbocycles. The van der Waals surface area contributed by atoms with E-state index in [2.05, 4.69) is 4.90 Å². The predicted molar refractivity (Wildman–Crippen MR) is 85.6 cm³/mol. The molecule has 126 valence electrons. The lowest BCUT2D eigenvalue weighted by Gasteiger charge is -2.33. The Morgan fingerprint density at radius 2 is 1.91 bits per heavy atom. The Bertz CT molecular complexity index is 571. The molecule has 2 saturated heterocycles. The molecule has 0 N–H and O–H groups in total. The predicted octanol–water partition coefficient (Wildman–Crippen LogP) is 3.42. The van der Waals surface area contributed by atoms with Crippen LogP contribution in [0.2, 0.25) is 5.02 Å². The number of benzene rings is 1. The summed E-state index contributed by atoms with van der Waals surface area (Å²) in [6.45, 7) is 2.59. The molecular formula is C17H21ClF2N2O. The minimum absolute atomic E-state index is 0.0298. The molecule has 0 bridgehead atoms. The zero-order valence-electron chi connectivity index (χ0n) is 13.0. The molecule has 1 aromatic carbocycles. The van der Waals surface area contributed by atoms with Crippen LogP contribution in [-0.4, -0.2) is 47.8 Å². The molecule has 1 aromatic rings. The van der Waals surface area contributed by atoms with Gasteiger partial charge in [-0.15, -0.1) is 0 Å². The number of hydrogen-bond donors (Lipinski definition) is 0. The van der Waals surface area contributed by atoms with Crippen molar-refractivity contribution < 1.29 is 13.6 Å². The van der Waals surface area contributed by atoms with E-state index in [1.54, 1.807) is 4.90 Å². The number of piperidine rings is 1. The van der Waals surface area contributed by atoms with Crippen LogP contribution < -0.4 is 0 Å². The number of amides is 1. The molecule has 23 heavy (non-hydrogen) atoms. The number of likely N-dealkylation sites (tertiary alicyclic amines) is 2. The highest BCUT2D eigenvalue weighted by atomic mass is 35.5. The average molecular weight is 343 g/mol. The number of halogens is 3. The van der Waals surface area contributed by atoms with Gasteiger partial charge < -0.3 is 4.90 Å². The number of carbonyl (C=O) groups is 1. The summed E-state index contributed by atoms with van der Waals surface area (Å²) in [6.07, 6.45) is 0.361. The summed E-state index contributed by atoms with van der Waals surface area (Å²) >= 11 is 6.18. The third-order valence-corrected chi connectivity index (χ3v) is 5.15. The van der Waals surface area contributed by atoms with Crippen molar-refractivity contribution >= 4 is 17.5 Å². The maximum absolute atomic E-state index is 13.2. The third kappa shape index (κ3) is 4.01. The molecule has 3 nitrogen and oxygen atoms in total. The van der Waals surface area contributed by atoms with Crippen molar-refractivity contribution in [2.45, 2.75) is 31.7 Å². The molecule has 2 aliphatic rings. The van der Waals surface area contributed by atoms with Gasteiger partial charge >= 0.3 is 0 Å². The van der Waals surface area contributed by atoms with Gasteiger partial charge in [-0.05, 0) is 24.6 Å². The maximum atomic E-state index is 13.2. The van der Waals surface area contributed by atoms with Crippen molar-refractivity contribution in [3.8, 4) is 0 Å². The SMILES string of the molecule is O=C(C1CCN(Cc2ccccc2Cl)C1)N1CCC(F)(F)CC1. The lowest BCUT2D eigenvalue weighted by molar-refractivity contribution is -0.141. The second-order valence-electron chi connectivity index (χ2n) is 6.49. The summed E-state index contributed by atoms with van der Waals surface area (Å²) < 4.78 is 26.4. The van der Waals surface area contributed by atoms with Crippen molar-refractivity contribution in [2.75, 3.05) is 26.2 Å². The summed E-state index contributed by atoms with van der Waals surface area (Å²) in [5.41, 5.74) is 1.06. The van der Waals surface area contributed by atoms with Gasteiger partial charge in [-0.1, -0.05) is 29.8 Å². The normalized spacial score (nSPS) is 24.8. The van der Waals surface area contributed by atoms with E-state index in [1.165, 1.54) is 0 Å². The van der Waals surface area contributed by atoms with Crippen molar-refractivity contribution in [3.05, 3.63) is 34.9 Å². The zero-order chi connectivity index (χ0) is 16.4. The fourth-order valence-corrected chi connectivity index (χ4v) is 3.55. The van der Waals surface area contributed by atoms with Crippen molar-refractivity contribution in [1.82, 2.24) is 9.80 Å². The lowest BCUT2D eigenvalue weighted by atomic mass is 10.0. The van der Waals surface area contributed by atoms with Gasteiger partial charge in [-0.2, -0.15) is 0 Å². The fraction of sp³-hybridized carbons (Fsp3) is 0.588. The van der Waals surface area contributed by atoms with Crippen LogP contribution in [0.1, 0.15) is 24.8 Å². The van der Waals surface area contributed by atoms with E-state index in [-0.39, 0.29) is 37.8 Å². The average Bonchev–Trinajstić information content (AvgIpc) is 2.97. The largest absolute Gasteiger partial charge is 0.342 e. The first kappa shape index (κ1) is 16.7. The first-order chi connectivity index (χ1) is 10.9. The highest BCUT2D eigenvalue weighted by molar-refractivity contribution is 6.31. The topological polar surface area (TPSA) is 23.6 Å². The van der Waals surface area contributed by atoms with Gasteiger partial charge in [-0.3, -0.25) is 9.69 Å². The molecule has 0 spiro atoms. The van der Waals surface area contributed by atoms with E-state index >= 15 is 0 Å². The van der Waals surface area contributed by atoms with E-state index in [9.17, 15) is 13.6 Å². The Morgan fingerprint density at radius 1 is 1.22 bits per heavy atom. The minimum Gasteiger partial charge on any atom is -0.342 e. The number of nitrogens with zero attached hydrogens (tertiary/aromatic N) is 2. The van der Waals surface area contributed by atoms with E-state index in [4.69, 9.17) is 11.6 Å². The molecular weight excluding hydrogens is 322 g/mol. The van der Waals surface area contributed by atoms with Crippen LogP contribution in [0.25, 0.3) is 0 Å². The molecule has 1 unspecified atom stereocenters. The Morgan fingerprint density at radius 3 is 2.61 bits per heavy atom. The second kappa shape index (κ2) is 6.73. The van der Waals surface area contributed by atoms with Crippen molar-refractivity contribution in [1.29, 1.82) is 0 Å². The number of rotatable bonds is 3. The highest BCUT2D eigenvalue weighted by Crippen LogP contribution is 2.30. The van der Waals surface area contributed by atoms with Crippen molar-refractivity contribution in [3.63, 3.8) is 0 Å². The molecule has 0 radical (unpaired) electrons. The molecule has 1 amide bonds. The van der Waals surface area contributed by atoms with Gasteiger partial charge in [0.2, 0.25) is 5.91 Å². The molecule has 2 fully saturated rings. The molecule has 2 aliphatic heterocycles. The van der Waals surface area contributed by atoms with Crippen LogP contribution in [0.15, 0.2) is 24.3 Å². The van der Waals surface area contributed by atoms with Crippen molar-refractivity contribution in [2.24, 2.45) is 5.92 Å². The molecule has 6 heteroatoms. The zero-order valence-corrected chi connectivity index (χ0v) is 13.7. The van der Waals surface area contributed by atoms with Gasteiger partial charge in [0.1, 0.15) is 0 Å². The fourth-order valence-electron chi connectivity index (χ4n) is 3.36. The summed E-state index contributed by atoms with van der Waals surface area (Å²) in [5.74, 6) is -2.66.